The van der Waals surface area contributed by atoms with Crippen molar-refractivity contribution >= 4 is 27.0 Å². The second-order valence-corrected chi connectivity index (χ2v) is 21.0. The molecule has 0 amide bonds. The molecule has 2 aromatic carbocycles. The van der Waals surface area contributed by atoms with Gasteiger partial charge in [0.1, 0.15) is 0 Å². The first-order valence-electron chi connectivity index (χ1n) is 12.5. The van der Waals surface area contributed by atoms with E-state index in [0.29, 0.717) is 13.0 Å². The van der Waals surface area contributed by atoms with Gasteiger partial charge in [-0.05, 0) is 57.8 Å². The van der Waals surface area contributed by atoms with E-state index in [1.54, 1.807) is 0 Å². The molecule has 0 saturated heterocycles. The SMILES string of the molecule is CC(C)(CC1C=C[C@](CO[Si](c2ccccc2)(c2ccccc2)C(C)(C)C)(N=[N+]=[N-])C1)[Si](C)(C)O. The van der Waals surface area contributed by atoms with Crippen LogP contribution in [0.5, 0.6) is 0 Å². The fourth-order valence-corrected chi connectivity index (χ4v) is 10.6. The average Bonchev–Trinajstić information content (AvgIpc) is 3.16. The van der Waals surface area contributed by atoms with Crippen molar-refractivity contribution in [1.29, 1.82) is 0 Å². The van der Waals surface area contributed by atoms with Gasteiger partial charge in [-0.3, -0.25) is 0 Å². The molecule has 35 heavy (non-hydrogen) atoms. The molecule has 0 spiro atoms. The normalized spacial score (nSPS) is 21.1. The minimum atomic E-state index is -2.74. The fourth-order valence-electron chi connectivity index (χ4n) is 5.24. The highest BCUT2D eigenvalue weighted by molar-refractivity contribution is 6.99. The summed E-state index contributed by atoms with van der Waals surface area (Å²) in [6.07, 6.45) is 5.78. The first-order chi connectivity index (χ1) is 16.3. The predicted octanol–water partition coefficient (Wildman–Crippen LogP) is 6.56. The van der Waals surface area contributed by atoms with Crippen LogP contribution in [-0.2, 0) is 4.43 Å². The number of rotatable bonds is 9. The topological polar surface area (TPSA) is 78.2 Å². The molecule has 0 aliphatic heterocycles. The Kier molecular flexibility index (Phi) is 7.89. The van der Waals surface area contributed by atoms with Gasteiger partial charge < -0.3 is 9.22 Å². The third kappa shape index (κ3) is 5.65. The van der Waals surface area contributed by atoms with Crippen LogP contribution in [0.3, 0.4) is 0 Å². The monoisotopic (exact) mass is 507 g/mol. The average molecular weight is 508 g/mol. The van der Waals surface area contributed by atoms with Crippen molar-refractivity contribution in [2.45, 2.75) is 76.2 Å². The summed E-state index contributed by atoms with van der Waals surface area (Å²) in [5.74, 6) is 0.233. The van der Waals surface area contributed by atoms with Crippen molar-refractivity contribution in [3.8, 4) is 0 Å². The Morgan fingerprint density at radius 2 is 1.51 bits per heavy atom. The number of nitrogens with zero attached hydrogens (tertiary/aromatic N) is 3. The Bertz CT molecular complexity index is 1030. The van der Waals surface area contributed by atoms with Crippen LogP contribution in [-0.4, -0.2) is 33.6 Å². The van der Waals surface area contributed by atoms with Gasteiger partial charge in [-0.15, -0.1) is 0 Å². The van der Waals surface area contributed by atoms with Crippen LogP contribution in [0.1, 0.15) is 47.5 Å². The van der Waals surface area contributed by atoms with Crippen molar-refractivity contribution < 1.29 is 9.22 Å². The summed E-state index contributed by atoms with van der Waals surface area (Å²) >= 11 is 0. The molecule has 1 aliphatic carbocycles. The van der Waals surface area contributed by atoms with Gasteiger partial charge in [0.15, 0.2) is 8.32 Å². The second-order valence-electron chi connectivity index (χ2n) is 12.2. The molecule has 1 N–H and O–H groups in total. The Labute approximate surface area is 213 Å². The highest BCUT2D eigenvalue weighted by Gasteiger charge is 2.52. The van der Waals surface area contributed by atoms with E-state index in [9.17, 15) is 10.3 Å². The third-order valence-corrected chi connectivity index (χ3v) is 16.4. The molecule has 188 valence electrons. The van der Waals surface area contributed by atoms with Crippen LogP contribution >= 0.6 is 0 Å². The minimum absolute atomic E-state index is 0.146. The predicted molar refractivity (Wildman–Crippen MR) is 151 cm³/mol. The molecular weight excluding hydrogens is 466 g/mol. The van der Waals surface area contributed by atoms with Crippen molar-refractivity contribution in [2.75, 3.05) is 6.61 Å². The molecule has 5 nitrogen and oxygen atoms in total. The van der Waals surface area contributed by atoms with Gasteiger partial charge in [-0.1, -0.05) is 113 Å². The van der Waals surface area contributed by atoms with Gasteiger partial charge in [0.25, 0.3) is 8.32 Å². The standard InChI is InChI=1S/C28H41N3O2Si2/c1-26(2,3)35(24-14-10-8-11-15-24,25-16-12-9-13-17-25)33-22-28(30-31-29)19-18-23(21-28)20-27(4,5)34(6,7)32/h8-19,23,32H,20-22H2,1-7H3/t23?,28-/m0/s1. The third-order valence-electron chi connectivity index (χ3n) is 7.92. The molecule has 2 aromatic rings. The van der Waals surface area contributed by atoms with Crippen LogP contribution in [0.25, 0.3) is 10.4 Å². The lowest BCUT2D eigenvalue weighted by molar-refractivity contribution is 0.221. The smallest absolute Gasteiger partial charge is 0.261 e. The molecule has 1 aliphatic rings. The number of benzene rings is 2. The lowest BCUT2D eigenvalue weighted by Crippen LogP contribution is -2.67. The van der Waals surface area contributed by atoms with Gasteiger partial charge in [0, 0.05) is 11.5 Å². The Hall–Kier alpha value is -2.16. The van der Waals surface area contributed by atoms with E-state index < -0.39 is 22.2 Å². The van der Waals surface area contributed by atoms with Crippen LogP contribution in [0, 0.1) is 5.92 Å². The molecule has 7 heteroatoms. The van der Waals surface area contributed by atoms with Crippen molar-refractivity contribution in [3.05, 3.63) is 83.3 Å². The quantitative estimate of drug-likeness (QED) is 0.137. The van der Waals surface area contributed by atoms with Crippen LogP contribution in [0.15, 0.2) is 77.9 Å². The molecule has 0 saturated carbocycles. The molecule has 0 aromatic heterocycles. The zero-order chi connectivity index (χ0) is 26.0. The molecule has 0 bridgehead atoms. The van der Waals surface area contributed by atoms with E-state index in [4.69, 9.17) is 4.43 Å². The summed E-state index contributed by atoms with van der Waals surface area (Å²) in [5.41, 5.74) is 8.78. The minimum Gasteiger partial charge on any atom is -0.432 e. The number of azide groups is 1. The van der Waals surface area contributed by atoms with Crippen LogP contribution in [0.2, 0.25) is 23.2 Å². The molecule has 0 heterocycles. The first-order valence-corrected chi connectivity index (χ1v) is 17.3. The maximum absolute atomic E-state index is 10.8. The Balaban J connectivity index is 1.98. The molecule has 2 atom stereocenters. The summed E-state index contributed by atoms with van der Waals surface area (Å²) in [7, 11) is -5.08. The number of hydrogen-bond acceptors (Lipinski definition) is 3. The van der Waals surface area contributed by atoms with E-state index >= 15 is 0 Å². The van der Waals surface area contributed by atoms with E-state index in [2.05, 4.69) is 105 Å². The van der Waals surface area contributed by atoms with Crippen molar-refractivity contribution in [3.63, 3.8) is 0 Å². The van der Waals surface area contributed by atoms with Crippen LogP contribution < -0.4 is 10.4 Å². The zero-order valence-corrected chi connectivity index (χ0v) is 24.3. The maximum Gasteiger partial charge on any atom is 0.261 e. The maximum atomic E-state index is 10.8. The lowest BCUT2D eigenvalue weighted by atomic mass is 9.91. The summed E-state index contributed by atoms with van der Waals surface area (Å²) in [5, 5.41) is 6.44. The van der Waals surface area contributed by atoms with E-state index in [-0.39, 0.29) is 16.0 Å². The van der Waals surface area contributed by atoms with Crippen molar-refractivity contribution in [1.82, 2.24) is 0 Å². The number of hydrogen-bond donors (Lipinski definition) is 1. The molecule has 3 rings (SSSR count). The van der Waals surface area contributed by atoms with Gasteiger partial charge in [0.05, 0.1) is 5.54 Å². The highest BCUT2D eigenvalue weighted by atomic mass is 28.4. The van der Waals surface area contributed by atoms with Crippen molar-refractivity contribution in [2.24, 2.45) is 11.0 Å². The van der Waals surface area contributed by atoms with Crippen LogP contribution in [0.4, 0.5) is 0 Å². The summed E-state index contributed by atoms with van der Waals surface area (Å²) in [6.45, 7) is 15.4. The zero-order valence-electron chi connectivity index (χ0n) is 22.3. The summed E-state index contributed by atoms with van der Waals surface area (Å²) in [6, 6.07) is 21.1. The highest BCUT2D eigenvalue weighted by Crippen LogP contribution is 2.47. The number of allylic oxidation sites excluding steroid dienone is 1. The van der Waals surface area contributed by atoms with E-state index in [1.165, 1.54) is 10.4 Å². The largest absolute Gasteiger partial charge is 0.432 e. The summed E-state index contributed by atoms with van der Waals surface area (Å²) in [4.78, 5) is 14.1. The second kappa shape index (κ2) is 10.1. The molecule has 0 fully saturated rings. The first kappa shape index (κ1) is 27.4. The van der Waals surface area contributed by atoms with E-state index in [1.807, 2.05) is 25.2 Å². The Morgan fingerprint density at radius 3 is 1.94 bits per heavy atom. The molecule has 1 unspecified atom stereocenters. The van der Waals surface area contributed by atoms with Gasteiger partial charge in [0.2, 0.25) is 0 Å². The van der Waals surface area contributed by atoms with E-state index in [0.717, 1.165) is 6.42 Å². The Morgan fingerprint density at radius 1 is 1.00 bits per heavy atom. The van der Waals surface area contributed by atoms with Gasteiger partial charge in [-0.2, -0.15) is 0 Å². The molecule has 0 radical (unpaired) electrons. The van der Waals surface area contributed by atoms with Gasteiger partial charge >= 0.3 is 0 Å². The summed E-state index contributed by atoms with van der Waals surface area (Å²) < 4.78 is 7.13. The fraction of sp³-hybridized carbons (Fsp3) is 0.500. The van der Waals surface area contributed by atoms with Gasteiger partial charge in [-0.25, -0.2) is 0 Å². The molecular formula is C28H41N3O2Si2. The lowest BCUT2D eigenvalue weighted by Gasteiger charge is -2.44.